The van der Waals surface area contributed by atoms with Gasteiger partial charge in [-0.25, -0.2) is 0 Å². The predicted octanol–water partition coefficient (Wildman–Crippen LogP) is 3.21. The van der Waals surface area contributed by atoms with Gasteiger partial charge >= 0.3 is 0 Å². The number of halogens is 1. The van der Waals surface area contributed by atoms with Gasteiger partial charge in [0.05, 0.1) is 24.6 Å². The highest BCUT2D eigenvalue weighted by Crippen LogP contribution is 2.33. The van der Waals surface area contributed by atoms with E-state index >= 15 is 0 Å². The van der Waals surface area contributed by atoms with E-state index in [0.29, 0.717) is 13.2 Å². The molecule has 1 unspecified atom stereocenters. The van der Waals surface area contributed by atoms with E-state index in [1.165, 1.54) is 0 Å². The number of aliphatic imine (C=N–C) groups is 1. The molecule has 1 aromatic heterocycles. The van der Waals surface area contributed by atoms with Crippen LogP contribution in [-0.2, 0) is 4.74 Å². The molecule has 0 amide bonds. The first-order valence-corrected chi connectivity index (χ1v) is 9.76. The largest absolute Gasteiger partial charge is 0.379 e. The van der Waals surface area contributed by atoms with Gasteiger partial charge in [0.15, 0.2) is 12.0 Å². The van der Waals surface area contributed by atoms with Gasteiger partial charge in [-0.1, -0.05) is 46.3 Å². The molecular weight excluding hydrogens is 406 g/mol. The fraction of sp³-hybridized carbons (Fsp3) is 0.250. The third-order valence-corrected chi connectivity index (χ3v) is 5.46. The normalized spacial score (nSPS) is 19.7. The minimum atomic E-state index is -0.196. The van der Waals surface area contributed by atoms with Gasteiger partial charge in [-0.05, 0) is 18.2 Å². The summed E-state index contributed by atoms with van der Waals surface area (Å²) in [5, 5.41) is 8.62. The number of aromatic nitrogens is 3. The minimum Gasteiger partial charge on any atom is -0.379 e. The van der Waals surface area contributed by atoms with Gasteiger partial charge in [0.2, 0.25) is 0 Å². The first-order chi connectivity index (χ1) is 13.3. The van der Waals surface area contributed by atoms with Crippen LogP contribution in [0.2, 0.25) is 0 Å². The summed E-state index contributed by atoms with van der Waals surface area (Å²) >= 11 is 3.62. The Bertz CT molecular complexity index is 995. The summed E-state index contributed by atoms with van der Waals surface area (Å²) in [7, 11) is 0. The molecule has 1 atom stereocenters. The molecule has 1 saturated heterocycles. The average molecular weight is 424 g/mol. The van der Waals surface area contributed by atoms with Crippen molar-refractivity contribution in [3.8, 4) is 5.69 Å². The van der Waals surface area contributed by atoms with E-state index in [4.69, 9.17) is 9.73 Å². The number of nitrogens with zero attached hydrogens (tertiary/aromatic N) is 5. The Kier molecular flexibility index (Phi) is 4.35. The van der Waals surface area contributed by atoms with Gasteiger partial charge in [-0.3, -0.25) is 14.5 Å². The fourth-order valence-corrected chi connectivity index (χ4v) is 4.02. The Labute approximate surface area is 165 Å². The number of hydrogen-bond acceptors (Lipinski definition) is 5. The zero-order valence-electron chi connectivity index (χ0n) is 14.6. The molecule has 1 fully saturated rings. The molecule has 0 radical (unpaired) electrons. The van der Waals surface area contributed by atoms with E-state index in [1.807, 2.05) is 24.3 Å². The summed E-state index contributed by atoms with van der Waals surface area (Å²) in [6, 6.07) is 16.6. The summed E-state index contributed by atoms with van der Waals surface area (Å²) in [5.41, 5.74) is 4.16. The lowest BCUT2D eigenvalue weighted by Crippen LogP contribution is -2.39. The van der Waals surface area contributed by atoms with E-state index in [9.17, 15) is 0 Å². The van der Waals surface area contributed by atoms with E-state index in [2.05, 4.69) is 59.9 Å². The molecule has 5 rings (SSSR count). The summed E-state index contributed by atoms with van der Waals surface area (Å²) in [6.07, 6.45) is 1.58. The Hall–Kier alpha value is -2.35. The van der Waals surface area contributed by atoms with Crippen molar-refractivity contribution >= 4 is 21.6 Å². The van der Waals surface area contributed by atoms with Crippen LogP contribution in [0.3, 0.4) is 0 Å². The fourth-order valence-electron chi connectivity index (χ4n) is 3.66. The van der Waals surface area contributed by atoms with E-state index < -0.39 is 0 Å². The molecule has 0 bridgehead atoms. The Morgan fingerprint density at radius 1 is 1.04 bits per heavy atom. The molecule has 2 aromatic carbocycles. The molecule has 3 aromatic rings. The maximum Gasteiger partial charge on any atom is 0.177 e. The maximum absolute atomic E-state index is 5.54. The van der Waals surface area contributed by atoms with Crippen molar-refractivity contribution in [2.75, 3.05) is 26.3 Å². The average Bonchev–Trinajstić information content (AvgIpc) is 3.15. The first kappa shape index (κ1) is 16.8. The number of benzene rings is 2. The Morgan fingerprint density at radius 2 is 1.85 bits per heavy atom. The van der Waals surface area contributed by atoms with Gasteiger partial charge in [-0.15, -0.1) is 10.2 Å². The van der Waals surface area contributed by atoms with Gasteiger partial charge in [-0.2, -0.15) is 0 Å². The van der Waals surface area contributed by atoms with Gasteiger partial charge < -0.3 is 4.74 Å². The number of morpholine rings is 1. The molecule has 7 heteroatoms. The lowest BCUT2D eigenvalue weighted by molar-refractivity contribution is 0.0159. The number of hydrogen-bond donors (Lipinski definition) is 0. The van der Waals surface area contributed by atoms with E-state index in [-0.39, 0.29) is 6.17 Å². The quantitative estimate of drug-likeness (QED) is 0.634. The third kappa shape index (κ3) is 3.01. The molecule has 0 aliphatic carbocycles. The second kappa shape index (κ2) is 6.99. The van der Waals surface area contributed by atoms with Gasteiger partial charge in [0.25, 0.3) is 0 Å². The highest BCUT2D eigenvalue weighted by Gasteiger charge is 2.31. The summed E-state index contributed by atoms with van der Waals surface area (Å²) in [6.45, 7) is 3.06. The van der Waals surface area contributed by atoms with Crippen LogP contribution >= 0.6 is 15.9 Å². The minimum absolute atomic E-state index is 0.196. The van der Waals surface area contributed by atoms with Crippen LogP contribution in [0.5, 0.6) is 0 Å². The Balaban J connectivity index is 1.75. The van der Waals surface area contributed by atoms with Crippen LogP contribution in [0.25, 0.3) is 5.69 Å². The number of rotatable bonds is 2. The van der Waals surface area contributed by atoms with Crippen LogP contribution in [0.4, 0.5) is 0 Å². The van der Waals surface area contributed by atoms with Gasteiger partial charge in [0.1, 0.15) is 6.33 Å². The second-order valence-corrected chi connectivity index (χ2v) is 7.50. The first-order valence-electron chi connectivity index (χ1n) is 8.96. The number of fused-ring (bicyclic) bond motifs is 3. The van der Waals surface area contributed by atoms with Crippen molar-refractivity contribution in [3.63, 3.8) is 0 Å². The molecule has 136 valence electrons. The van der Waals surface area contributed by atoms with Crippen molar-refractivity contribution in [2.45, 2.75) is 6.17 Å². The van der Waals surface area contributed by atoms with Crippen LogP contribution in [0.1, 0.15) is 23.1 Å². The highest BCUT2D eigenvalue weighted by molar-refractivity contribution is 9.10. The monoisotopic (exact) mass is 423 g/mol. The van der Waals surface area contributed by atoms with Crippen molar-refractivity contribution in [3.05, 3.63) is 76.3 Å². The van der Waals surface area contributed by atoms with Crippen molar-refractivity contribution in [2.24, 2.45) is 4.99 Å². The van der Waals surface area contributed by atoms with Crippen molar-refractivity contribution < 1.29 is 4.74 Å². The van der Waals surface area contributed by atoms with E-state index in [1.54, 1.807) is 6.33 Å². The van der Waals surface area contributed by atoms with Crippen LogP contribution in [0, 0.1) is 0 Å². The van der Waals surface area contributed by atoms with E-state index in [0.717, 1.165) is 45.9 Å². The molecule has 2 aliphatic rings. The standard InChI is InChI=1S/C20H18BrN5O/c21-15-6-7-17-16(12-15)18(14-4-2-1-3-5-14)23-19(20-24-22-13-26(17)20)25-8-10-27-11-9-25/h1-7,12-13,19H,8-11H2. The summed E-state index contributed by atoms with van der Waals surface area (Å²) in [5.74, 6) is 0.839. The van der Waals surface area contributed by atoms with Crippen molar-refractivity contribution in [1.82, 2.24) is 19.7 Å². The highest BCUT2D eigenvalue weighted by atomic mass is 79.9. The maximum atomic E-state index is 5.54. The third-order valence-electron chi connectivity index (χ3n) is 4.97. The molecule has 6 nitrogen and oxygen atoms in total. The smallest absolute Gasteiger partial charge is 0.177 e. The zero-order chi connectivity index (χ0) is 18.2. The zero-order valence-corrected chi connectivity index (χ0v) is 16.2. The van der Waals surface area contributed by atoms with Crippen LogP contribution in [0.15, 0.2) is 64.3 Å². The van der Waals surface area contributed by atoms with Gasteiger partial charge in [0, 0.05) is 28.7 Å². The van der Waals surface area contributed by atoms with Crippen molar-refractivity contribution in [1.29, 1.82) is 0 Å². The molecule has 0 saturated carbocycles. The SMILES string of the molecule is Brc1ccc2c(c1)C(c1ccccc1)=NC(N1CCOCC1)c1nncn1-2. The predicted molar refractivity (Wildman–Crippen MR) is 106 cm³/mol. The number of ether oxygens (including phenoxy) is 1. The lowest BCUT2D eigenvalue weighted by Gasteiger charge is -2.31. The van der Waals surface area contributed by atoms with Crippen LogP contribution in [-0.4, -0.2) is 51.7 Å². The second-order valence-electron chi connectivity index (χ2n) is 6.59. The summed E-state index contributed by atoms with van der Waals surface area (Å²) in [4.78, 5) is 7.52. The summed E-state index contributed by atoms with van der Waals surface area (Å²) < 4.78 is 8.62. The topological polar surface area (TPSA) is 55.5 Å². The molecule has 2 aliphatic heterocycles. The molecule has 0 N–H and O–H groups in total. The molecule has 3 heterocycles. The van der Waals surface area contributed by atoms with Crippen LogP contribution < -0.4 is 0 Å². The molecule has 27 heavy (non-hydrogen) atoms. The lowest BCUT2D eigenvalue weighted by atomic mass is 10.0. The molecular formula is C20H18BrN5O. The Morgan fingerprint density at radius 3 is 2.67 bits per heavy atom. The molecule has 0 spiro atoms.